The second kappa shape index (κ2) is 7.94. The molecule has 26 heavy (non-hydrogen) atoms. The number of carbonyl (C=O) groups excluding carboxylic acids is 2. The highest BCUT2D eigenvalue weighted by atomic mass is 19.4. The van der Waals surface area contributed by atoms with E-state index in [0.717, 1.165) is 12.1 Å². The number of nitrogens with one attached hydrogen (secondary N) is 2. The first-order chi connectivity index (χ1) is 12.2. The molecule has 0 aliphatic rings. The maximum Gasteiger partial charge on any atom is 0.416 e. The van der Waals surface area contributed by atoms with Crippen molar-refractivity contribution in [3.05, 3.63) is 53.3 Å². The Labute approximate surface area is 147 Å². The molecule has 2 rings (SSSR count). The van der Waals surface area contributed by atoms with Crippen molar-refractivity contribution in [1.82, 2.24) is 15.3 Å². The first kappa shape index (κ1) is 19.4. The highest BCUT2D eigenvalue weighted by molar-refractivity contribution is 5.93. The fraction of sp³-hybridized carbons (Fsp3) is 0.294. The molecule has 1 heterocycles. The van der Waals surface area contributed by atoms with Crippen LogP contribution in [0, 0.1) is 0 Å². The molecule has 1 aromatic carbocycles. The minimum absolute atomic E-state index is 0.00905. The smallest absolute Gasteiger partial charge is 0.344 e. The van der Waals surface area contributed by atoms with Crippen molar-refractivity contribution in [3.8, 4) is 0 Å². The van der Waals surface area contributed by atoms with E-state index in [0.29, 0.717) is 5.56 Å². The van der Waals surface area contributed by atoms with Gasteiger partial charge in [0.25, 0.3) is 5.91 Å². The second-order valence-electron chi connectivity index (χ2n) is 5.49. The Balaban J connectivity index is 2.12. The molecule has 0 fully saturated rings. The van der Waals surface area contributed by atoms with Gasteiger partial charge in [0.1, 0.15) is 5.69 Å². The number of rotatable bonds is 5. The number of anilines is 1. The lowest BCUT2D eigenvalue weighted by Crippen LogP contribution is -2.28. The number of benzene rings is 1. The maximum atomic E-state index is 12.8. The van der Waals surface area contributed by atoms with E-state index in [1.165, 1.54) is 24.4 Å². The summed E-state index contributed by atoms with van der Waals surface area (Å²) in [5.41, 5.74) is -0.491. The molecule has 0 aliphatic heterocycles. The molecule has 2 N–H and O–H groups in total. The molecule has 0 aliphatic carbocycles. The van der Waals surface area contributed by atoms with E-state index in [1.54, 1.807) is 13.8 Å². The van der Waals surface area contributed by atoms with E-state index >= 15 is 0 Å². The summed E-state index contributed by atoms with van der Waals surface area (Å²) in [4.78, 5) is 31.4. The largest absolute Gasteiger partial charge is 0.416 e. The number of hydrogen-bond acceptors (Lipinski definition) is 4. The Hall–Kier alpha value is -2.97. The molecule has 0 spiro atoms. The van der Waals surface area contributed by atoms with E-state index in [4.69, 9.17) is 0 Å². The molecule has 1 atom stereocenters. The average Bonchev–Trinajstić information content (AvgIpc) is 2.61. The third-order valence-electron chi connectivity index (χ3n) is 3.52. The summed E-state index contributed by atoms with van der Waals surface area (Å²) < 4.78 is 38.4. The molecule has 0 radical (unpaired) electrons. The summed E-state index contributed by atoms with van der Waals surface area (Å²) in [5.74, 6) is -0.916. The maximum absolute atomic E-state index is 12.8. The van der Waals surface area contributed by atoms with Gasteiger partial charge in [0.2, 0.25) is 11.9 Å². The van der Waals surface area contributed by atoms with Crippen molar-refractivity contribution in [2.24, 2.45) is 0 Å². The van der Waals surface area contributed by atoms with Crippen LogP contribution in [0.25, 0.3) is 0 Å². The van der Waals surface area contributed by atoms with Crippen molar-refractivity contribution < 1.29 is 22.8 Å². The van der Waals surface area contributed by atoms with Crippen LogP contribution in [0.1, 0.15) is 47.9 Å². The van der Waals surface area contributed by atoms with Gasteiger partial charge in [0.05, 0.1) is 11.6 Å². The number of carbonyl (C=O) groups is 2. The lowest BCUT2D eigenvalue weighted by molar-refractivity contribution is -0.137. The lowest BCUT2D eigenvalue weighted by atomic mass is 10.0. The molecule has 138 valence electrons. The van der Waals surface area contributed by atoms with Crippen LogP contribution in [0.3, 0.4) is 0 Å². The molecule has 0 saturated heterocycles. The Morgan fingerprint density at radius 1 is 1.23 bits per heavy atom. The molecule has 9 heteroatoms. The highest BCUT2D eigenvalue weighted by Gasteiger charge is 2.30. The van der Waals surface area contributed by atoms with Crippen LogP contribution in [0.15, 0.2) is 36.5 Å². The van der Waals surface area contributed by atoms with Crippen LogP contribution in [0.4, 0.5) is 19.1 Å². The van der Waals surface area contributed by atoms with Gasteiger partial charge in [-0.3, -0.25) is 14.9 Å². The molecule has 2 aromatic rings. The van der Waals surface area contributed by atoms with Crippen molar-refractivity contribution in [2.45, 2.75) is 32.5 Å². The lowest BCUT2D eigenvalue weighted by Gasteiger charge is -2.16. The molecule has 1 aromatic heterocycles. The quantitative estimate of drug-likeness (QED) is 0.850. The monoisotopic (exact) mass is 366 g/mol. The minimum Gasteiger partial charge on any atom is -0.344 e. The van der Waals surface area contributed by atoms with Gasteiger partial charge in [-0.15, -0.1) is 0 Å². The number of alkyl halides is 3. The highest BCUT2D eigenvalue weighted by Crippen LogP contribution is 2.30. The van der Waals surface area contributed by atoms with Crippen LogP contribution >= 0.6 is 0 Å². The summed E-state index contributed by atoms with van der Waals surface area (Å²) in [6.07, 6.45) is -2.92. The van der Waals surface area contributed by atoms with Gasteiger partial charge in [-0.25, -0.2) is 9.97 Å². The first-order valence-electron chi connectivity index (χ1n) is 7.81. The van der Waals surface area contributed by atoms with Crippen LogP contribution in [0.2, 0.25) is 0 Å². The molecule has 0 saturated carbocycles. The normalized spacial score (nSPS) is 12.3. The third kappa shape index (κ3) is 5.01. The van der Waals surface area contributed by atoms with Gasteiger partial charge in [0, 0.05) is 12.6 Å². The van der Waals surface area contributed by atoms with Crippen LogP contribution in [0.5, 0.6) is 0 Å². The van der Waals surface area contributed by atoms with Gasteiger partial charge in [0.15, 0.2) is 0 Å². The van der Waals surface area contributed by atoms with Crippen molar-refractivity contribution in [3.63, 3.8) is 0 Å². The second-order valence-corrected chi connectivity index (χ2v) is 5.49. The molecular weight excluding hydrogens is 349 g/mol. The van der Waals surface area contributed by atoms with Crippen LogP contribution < -0.4 is 10.6 Å². The summed E-state index contributed by atoms with van der Waals surface area (Å²) in [6, 6.07) is 5.39. The number of hydrogen-bond donors (Lipinski definition) is 2. The zero-order chi connectivity index (χ0) is 19.3. The average molecular weight is 366 g/mol. The fourth-order valence-corrected chi connectivity index (χ4v) is 2.10. The Bertz CT molecular complexity index is 809. The Kier molecular flexibility index (Phi) is 5.91. The predicted octanol–water partition coefficient (Wildman–Crippen LogP) is 3.33. The summed E-state index contributed by atoms with van der Waals surface area (Å²) in [5, 5.41) is 5.01. The molecule has 0 bridgehead atoms. The Morgan fingerprint density at radius 3 is 2.62 bits per heavy atom. The van der Waals surface area contributed by atoms with Crippen LogP contribution in [-0.2, 0) is 11.0 Å². The minimum atomic E-state index is -4.46. The number of aromatic nitrogens is 2. The molecule has 6 nitrogen and oxygen atoms in total. The predicted molar refractivity (Wildman–Crippen MR) is 88.3 cm³/mol. The van der Waals surface area contributed by atoms with E-state index in [1.807, 2.05) is 0 Å². The Morgan fingerprint density at radius 2 is 1.96 bits per heavy atom. The van der Waals surface area contributed by atoms with Gasteiger partial charge in [-0.2, -0.15) is 13.2 Å². The first-order valence-corrected chi connectivity index (χ1v) is 7.81. The van der Waals surface area contributed by atoms with Crippen LogP contribution in [-0.4, -0.2) is 21.8 Å². The van der Waals surface area contributed by atoms with Gasteiger partial charge < -0.3 is 5.32 Å². The zero-order valence-corrected chi connectivity index (χ0v) is 14.1. The topological polar surface area (TPSA) is 84.0 Å². The zero-order valence-electron chi connectivity index (χ0n) is 14.1. The summed E-state index contributed by atoms with van der Waals surface area (Å²) in [7, 11) is 0. The van der Waals surface area contributed by atoms with Crippen molar-refractivity contribution in [2.75, 3.05) is 5.32 Å². The molecule has 2 amide bonds. The fourth-order valence-electron chi connectivity index (χ4n) is 2.10. The van der Waals surface area contributed by atoms with E-state index in [-0.39, 0.29) is 24.0 Å². The van der Waals surface area contributed by atoms with Gasteiger partial charge in [-0.1, -0.05) is 19.1 Å². The number of halogens is 3. The number of nitrogens with zero attached hydrogens (tertiary/aromatic N) is 2. The third-order valence-corrected chi connectivity index (χ3v) is 3.52. The standard InChI is InChI=1S/C17H17F3N4O2/c1-3-14(25)24-16-21-8-7-13(23-16)15(26)22-10(2)11-5-4-6-12(9-11)17(18,19)20/h4-10H,3H2,1-2H3,(H,22,26)(H,21,23,24,25)/t10-/m1/s1. The van der Waals surface area contributed by atoms with E-state index < -0.39 is 23.7 Å². The van der Waals surface area contributed by atoms with Gasteiger partial charge in [-0.05, 0) is 30.7 Å². The van der Waals surface area contributed by atoms with E-state index in [9.17, 15) is 22.8 Å². The van der Waals surface area contributed by atoms with Crippen molar-refractivity contribution >= 4 is 17.8 Å². The van der Waals surface area contributed by atoms with Crippen molar-refractivity contribution in [1.29, 1.82) is 0 Å². The summed E-state index contributed by atoms with van der Waals surface area (Å²) in [6.45, 7) is 3.22. The molecular formula is C17H17F3N4O2. The number of amides is 2. The van der Waals surface area contributed by atoms with E-state index in [2.05, 4.69) is 20.6 Å². The summed E-state index contributed by atoms with van der Waals surface area (Å²) >= 11 is 0. The van der Waals surface area contributed by atoms with Gasteiger partial charge >= 0.3 is 6.18 Å². The molecule has 0 unspecified atom stereocenters. The SMILES string of the molecule is CCC(=O)Nc1nccc(C(=O)N[C@H](C)c2cccc(C(F)(F)F)c2)n1.